The van der Waals surface area contributed by atoms with Gasteiger partial charge in [0.25, 0.3) is 0 Å². The summed E-state index contributed by atoms with van der Waals surface area (Å²) in [7, 11) is 0. The number of likely N-dealkylation sites (N-methyl/N-ethyl adjacent to an activating group) is 1. The molecule has 0 bridgehead atoms. The zero-order valence-corrected chi connectivity index (χ0v) is 11.1. The molecule has 1 N–H and O–H groups in total. The van der Waals surface area contributed by atoms with Crippen LogP contribution in [0.25, 0.3) is 0 Å². The summed E-state index contributed by atoms with van der Waals surface area (Å²) in [5.74, 6) is -1.31. The molecule has 0 aliphatic heterocycles. The van der Waals surface area contributed by atoms with Crippen molar-refractivity contribution in [2.45, 2.75) is 39.8 Å². The highest BCUT2D eigenvalue weighted by Crippen LogP contribution is 2.23. The van der Waals surface area contributed by atoms with Crippen LogP contribution in [0.4, 0.5) is 0 Å². The van der Waals surface area contributed by atoms with E-state index in [2.05, 4.69) is 4.98 Å². The van der Waals surface area contributed by atoms with E-state index < -0.39 is 12.0 Å². The summed E-state index contributed by atoms with van der Waals surface area (Å²) in [5.41, 5.74) is 0.523. The van der Waals surface area contributed by atoms with Crippen molar-refractivity contribution in [2.75, 3.05) is 6.54 Å². The number of hydrogen-bond donors (Lipinski definition) is 1. The smallest absolute Gasteiger partial charge is 0.332 e. The lowest BCUT2D eigenvalue weighted by Gasteiger charge is -2.28. The molecule has 0 aliphatic carbocycles. The molecule has 0 aliphatic rings. The summed E-state index contributed by atoms with van der Waals surface area (Å²) < 4.78 is 1.77. The average molecular weight is 253 g/mol. The molecule has 0 spiro atoms. The first-order valence-corrected chi connectivity index (χ1v) is 5.91. The summed E-state index contributed by atoms with van der Waals surface area (Å²) in [4.78, 5) is 28.3. The largest absolute Gasteiger partial charge is 0.479 e. The van der Waals surface area contributed by atoms with E-state index >= 15 is 0 Å². The molecule has 1 aromatic heterocycles. The number of rotatable bonds is 5. The third kappa shape index (κ3) is 2.69. The monoisotopic (exact) mass is 253 g/mol. The number of carbonyl (C=O) groups is 2. The molecule has 0 radical (unpaired) electrons. The molecule has 18 heavy (non-hydrogen) atoms. The van der Waals surface area contributed by atoms with Crippen LogP contribution in [0.15, 0.2) is 12.5 Å². The van der Waals surface area contributed by atoms with Crippen LogP contribution in [-0.4, -0.2) is 38.0 Å². The van der Waals surface area contributed by atoms with E-state index in [4.69, 9.17) is 0 Å². The van der Waals surface area contributed by atoms with Crippen LogP contribution in [0, 0.1) is 0 Å². The summed E-state index contributed by atoms with van der Waals surface area (Å²) in [6, 6.07) is -0.896. The third-order valence-electron chi connectivity index (χ3n) is 2.82. The van der Waals surface area contributed by atoms with Gasteiger partial charge in [0, 0.05) is 19.5 Å². The number of carboxylic acids is 1. The molecule has 0 fully saturated rings. The van der Waals surface area contributed by atoms with E-state index in [9.17, 15) is 14.7 Å². The van der Waals surface area contributed by atoms with Crippen molar-refractivity contribution in [3.63, 3.8) is 0 Å². The normalized spacial score (nSPS) is 12.5. The number of hydrogen-bond acceptors (Lipinski definition) is 3. The maximum atomic E-state index is 11.5. The zero-order valence-electron chi connectivity index (χ0n) is 11.1. The van der Waals surface area contributed by atoms with E-state index in [1.54, 1.807) is 17.8 Å². The second-order valence-corrected chi connectivity index (χ2v) is 4.37. The zero-order chi connectivity index (χ0) is 13.9. The van der Waals surface area contributed by atoms with Crippen LogP contribution in [0.3, 0.4) is 0 Å². The van der Waals surface area contributed by atoms with Crippen LogP contribution in [0.1, 0.15) is 45.5 Å². The van der Waals surface area contributed by atoms with Gasteiger partial charge in [-0.2, -0.15) is 0 Å². The van der Waals surface area contributed by atoms with Gasteiger partial charge in [-0.3, -0.25) is 4.79 Å². The molecule has 1 rings (SSSR count). The Morgan fingerprint density at radius 3 is 2.50 bits per heavy atom. The molecule has 6 nitrogen and oxygen atoms in total. The fourth-order valence-electron chi connectivity index (χ4n) is 1.96. The van der Waals surface area contributed by atoms with Gasteiger partial charge in [0.2, 0.25) is 5.91 Å². The number of aliphatic carboxylic acids is 1. The van der Waals surface area contributed by atoms with Crippen molar-refractivity contribution in [3.05, 3.63) is 18.2 Å². The lowest BCUT2D eigenvalue weighted by atomic mass is 10.1. The van der Waals surface area contributed by atoms with Crippen molar-refractivity contribution < 1.29 is 14.7 Å². The number of nitrogens with zero attached hydrogens (tertiary/aromatic N) is 3. The standard InChI is InChI=1S/C12H19N3O3/c1-5-14(9(4)16)11(12(17)18)10-6-13-7-15(10)8(2)3/h6-8,11H,5H2,1-4H3,(H,17,18). The van der Waals surface area contributed by atoms with Gasteiger partial charge < -0.3 is 14.6 Å². The van der Waals surface area contributed by atoms with Crippen molar-refractivity contribution in [1.82, 2.24) is 14.5 Å². The van der Waals surface area contributed by atoms with E-state index in [-0.39, 0.29) is 11.9 Å². The maximum Gasteiger partial charge on any atom is 0.332 e. The first kappa shape index (κ1) is 14.2. The van der Waals surface area contributed by atoms with Crippen molar-refractivity contribution >= 4 is 11.9 Å². The Hall–Kier alpha value is -1.85. The predicted octanol–water partition coefficient (Wildman–Crippen LogP) is 1.46. The molecular formula is C12H19N3O3. The molecule has 1 amide bonds. The minimum atomic E-state index is -1.05. The summed E-state index contributed by atoms with van der Waals surface area (Å²) in [6.07, 6.45) is 3.09. The summed E-state index contributed by atoms with van der Waals surface area (Å²) in [5, 5.41) is 9.37. The number of amides is 1. The van der Waals surface area contributed by atoms with Crippen LogP contribution >= 0.6 is 0 Å². The van der Waals surface area contributed by atoms with Gasteiger partial charge in [-0.05, 0) is 20.8 Å². The van der Waals surface area contributed by atoms with Gasteiger partial charge in [0.15, 0.2) is 6.04 Å². The van der Waals surface area contributed by atoms with Crippen LogP contribution in [0.2, 0.25) is 0 Å². The Morgan fingerprint density at radius 2 is 2.11 bits per heavy atom. The summed E-state index contributed by atoms with van der Waals surface area (Å²) >= 11 is 0. The molecule has 6 heteroatoms. The third-order valence-corrected chi connectivity index (χ3v) is 2.82. The highest BCUT2D eigenvalue weighted by molar-refractivity contribution is 5.83. The molecule has 0 saturated carbocycles. The first-order valence-electron chi connectivity index (χ1n) is 5.91. The van der Waals surface area contributed by atoms with E-state index in [1.165, 1.54) is 18.0 Å². The number of imidazole rings is 1. The molecule has 0 aromatic carbocycles. The lowest BCUT2D eigenvalue weighted by molar-refractivity contribution is -0.150. The SMILES string of the molecule is CCN(C(C)=O)C(C(=O)O)c1cncn1C(C)C. The quantitative estimate of drug-likeness (QED) is 0.862. The number of aromatic nitrogens is 2. The van der Waals surface area contributed by atoms with Gasteiger partial charge in [-0.25, -0.2) is 9.78 Å². The topological polar surface area (TPSA) is 75.4 Å². The highest BCUT2D eigenvalue weighted by atomic mass is 16.4. The molecule has 1 unspecified atom stereocenters. The maximum absolute atomic E-state index is 11.5. The molecule has 100 valence electrons. The van der Waals surface area contributed by atoms with Crippen LogP contribution in [-0.2, 0) is 9.59 Å². The molecule has 1 heterocycles. The van der Waals surface area contributed by atoms with Crippen molar-refractivity contribution in [1.29, 1.82) is 0 Å². The average Bonchev–Trinajstić information content (AvgIpc) is 2.72. The Morgan fingerprint density at radius 1 is 1.50 bits per heavy atom. The molecular weight excluding hydrogens is 234 g/mol. The van der Waals surface area contributed by atoms with E-state index in [1.807, 2.05) is 13.8 Å². The minimum absolute atomic E-state index is 0.0926. The fraction of sp³-hybridized carbons (Fsp3) is 0.583. The van der Waals surface area contributed by atoms with Crippen LogP contribution < -0.4 is 0 Å². The lowest BCUT2D eigenvalue weighted by Crippen LogP contribution is -2.38. The molecule has 1 atom stereocenters. The van der Waals surface area contributed by atoms with Gasteiger partial charge in [-0.15, -0.1) is 0 Å². The molecule has 0 saturated heterocycles. The fourth-order valence-corrected chi connectivity index (χ4v) is 1.96. The Labute approximate surface area is 106 Å². The second kappa shape index (κ2) is 5.66. The van der Waals surface area contributed by atoms with Crippen molar-refractivity contribution in [2.24, 2.45) is 0 Å². The van der Waals surface area contributed by atoms with E-state index in [0.29, 0.717) is 12.2 Å². The Balaban J connectivity index is 3.24. The first-order chi connectivity index (χ1) is 8.40. The number of carboxylic acid groups (broad SMARTS) is 1. The summed E-state index contributed by atoms with van der Waals surface area (Å²) in [6.45, 7) is 7.35. The molecule has 1 aromatic rings. The Kier molecular flexibility index (Phi) is 4.47. The van der Waals surface area contributed by atoms with Gasteiger partial charge in [-0.1, -0.05) is 0 Å². The van der Waals surface area contributed by atoms with E-state index in [0.717, 1.165) is 0 Å². The van der Waals surface area contributed by atoms with Gasteiger partial charge in [0.1, 0.15) is 0 Å². The minimum Gasteiger partial charge on any atom is -0.479 e. The van der Waals surface area contributed by atoms with Crippen molar-refractivity contribution in [3.8, 4) is 0 Å². The highest BCUT2D eigenvalue weighted by Gasteiger charge is 2.31. The van der Waals surface area contributed by atoms with Crippen LogP contribution in [0.5, 0.6) is 0 Å². The Bertz CT molecular complexity index is 440. The van der Waals surface area contributed by atoms with Gasteiger partial charge in [0.05, 0.1) is 18.2 Å². The predicted molar refractivity (Wildman–Crippen MR) is 66.0 cm³/mol. The number of carbonyl (C=O) groups excluding carboxylic acids is 1. The van der Waals surface area contributed by atoms with Gasteiger partial charge >= 0.3 is 5.97 Å². The second-order valence-electron chi connectivity index (χ2n) is 4.37.